The molecule has 2 N–H and O–H groups in total. The summed E-state index contributed by atoms with van der Waals surface area (Å²) >= 11 is 5.82. The Balaban J connectivity index is 2.26. The first-order valence-electron chi connectivity index (χ1n) is 6.29. The molecule has 0 aliphatic carbocycles. The molecule has 2 rings (SSSR count). The van der Waals surface area contributed by atoms with Gasteiger partial charge < -0.3 is 0 Å². The van der Waals surface area contributed by atoms with Crippen LogP contribution in [-0.2, 0) is 4.79 Å². The second-order valence-electron chi connectivity index (χ2n) is 4.40. The highest BCUT2D eigenvalue weighted by Crippen LogP contribution is 2.12. The van der Waals surface area contributed by atoms with Gasteiger partial charge in [0, 0.05) is 10.7 Å². The highest BCUT2D eigenvalue weighted by Gasteiger charge is 2.10. The van der Waals surface area contributed by atoms with Gasteiger partial charge in [0.15, 0.2) is 0 Å². The molecule has 0 aliphatic rings. The van der Waals surface area contributed by atoms with Crippen molar-refractivity contribution in [2.75, 3.05) is 0 Å². The first kappa shape index (κ1) is 15.5. The number of benzene rings is 1. The minimum Gasteiger partial charge on any atom is -0.295 e. The molecule has 0 radical (unpaired) electrons. The van der Waals surface area contributed by atoms with Crippen LogP contribution in [0.4, 0.5) is 0 Å². The summed E-state index contributed by atoms with van der Waals surface area (Å²) in [6, 6.07) is 8.46. The quantitative estimate of drug-likeness (QED) is 0.659. The van der Waals surface area contributed by atoms with Crippen molar-refractivity contribution in [3.63, 3.8) is 0 Å². The molecular weight excluding hydrogens is 306 g/mol. The number of hydrogen-bond acceptors (Lipinski definition) is 4. The van der Waals surface area contributed by atoms with Crippen molar-refractivity contribution in [3.8, 4) is 11.8 Å². The van der Waals surface area contributed by atoms with Crippen molar-refractivity contribution in [3.05, 3.63) is 50.9 Å². The topological polar surface area (TPSA) is 103 Å². The number of nitriles is 1. The molecule has 1 aromatic heterocycles. The number of halogens is 1. The molecule has 0 aliphatic heterocycles. The number of nitrogens with zero attached hydrogens (tertiary/aromatic N) is 3. The van der Waals surface area contributed by atoms with E-state index >= 15 is 0 Å². The lowest BCUT2D eigenvalue weighted by Crippen LogP contribution is -2.19. The summed E-state index contributed by atoms with van der Waals surface area (Å²) in [6.45, 7) is 1.71. The number of aromatic nitrogens is 2. The standard InChI is InChI=1S/C14H12ClN5O2/c1-9-12(8-17-18-13(21)6-7-16)14(22)20(19-9)11-4-2-10(15)3-5-11/h2-5,8,19H,6H2,1H3,(H,18,21). The number of aryl methyl sites for hydroxylation is 1. The number of carbonyl (C=O) groups excluding carboxylic acids is 1. The highest BCUT2D eigenvalue weighted by molar-refractivity contribution is 6.30. The summed E-state index contributed by atoms with van der Waals surface area (Å²) in [7, 11) is 0. The van der Waals surface area contributed by atoms with Gasteiger partial charge in [0.1, 0.15) is 6.42 Å². The van der Waals surface area contributed by atoms with Gasteiger partial charge in [-0.3, -0.25) is 14.7 Å². The summed E-state index contributed by atoms with van der Waals surface area (Å²) < 4.78 is 1.35. The van der Waals surface area contributed by atoms with E-state index in [4.69, 9.17) is 16.9 Å². The Morgan fingerprint density at radius 3 is 2.82 bits per heavy atom. The van der Waals surface area contributed by atoms with Gasteiger partial charge >= 0.3 is 0 Å². The molecule has 8 heteroatoms. The fraction of sp³-hybridized carbons (Fsp3) is 0.143. The molecule has 0 unspecified atom stereocenters. The van der Waals surface area contributed by atoms with Gasteiger partial charge in [0.2, 0.25) is 0 Å². The summed E-state index contributed by atoms with van der Waals surface area (Å²) in [6.07, 6.45) is 0.953. The molecule has 22 heavy (non-hydrogen) atoms. The van der Waals surface area contributed by atoms with E-state index in [0.29, 0.717) is 22.0 Å². The lowest BCUT2D eigenvalue weighted by atomic mass is 10.3. The molecule has 7 nitrogen and oxygen atoms in total. The average Bonchev–Trinajstić information content (AvgIpc) is 2.76. The van der Waals surface area contributed by atoms with Gasteiger partial charge in [-0.25, -0.2) is 10.1 Å². The normalized spacial score (nSPS) is 10.6. The van der Waals surface area contributed by atoms with Crippen molar-refractivity contribution in [1.29, 1.82) is 5.26 Å². The monoisotopic (exact) mass is 317 g/mol. The van der Waals surface area contributed by atoms with Crippen molar-refractivity contribution in [2.24, 2.45) is 5.10 Å². The zero-order chi connectivity index (χ0) is 16.1. The van der Waals surface area contributed by atoms with Crippen LogP contribution in [-0.4, -0.2) is 21.9 Å². The molecule has 0 atom stereocenters. The molecule has 0 saturated heterocycles. The van der Waals surface area contributed by atoms with Crippen LogP contribution in [0.2, 0.25) is 5.02 Å². The van der Waals surface area contributed by atoms with Gasteiger partial charge in [0.05, 0.1) is 23.5 Å². The third kappa shape index (κ3) is 3.42. The van der Waals surface area contributed by atoms with Gasteiger partial charge in [0.25, 0.3) is 11.5 Å². The summed E-state index contributed by atoms with van der Waals surface area (Å²) in [5.41, 5.74) is 3.40. The van der Waals surface area contributed by atoms with Crippen LogP contribution in [0.15, 0.2) is 34.2 Å². The Morgan fingerprint density at radius 2 is 2.18 bits per heavy atom. The third-order valence-corrected chi connectivity index (χ3v) is 3.08. The van der Waals surface area contributed by atoms with Crippen molar-refractivity contribution in [1.82, 2.24) is 15.2 Å². The van der Waals surface area contributed by atoms with E-state index in [0.717, 1.165) is 0 Å². The van der Waals surface area contributed by atoms with Crippen molar-refractivity contribution < 1.29 is 4.79 Å². The first-order chi connectivity index (χ1) is 10.5. The number of rotatable bonds is 4. The van der Waals surface area contributed by atoms with Gasteiger partial charge in [-0.15, -0.1) is 0 Å². The van der Waals surface area contributed by atoms with Crippen LogP contribution in [0.1, 0.15) is 17.7 Å². The van der Waals surface area contributed by atoms with Gasteiger partial charge in [-0.1, -0.05) is 11.6 Å². The summed E-state index contributed by atoms with van der Waals surface area (Å²) in [5.74, 6) is -0.537. The molecule has 0 saturated carbocycles. The molecule has 0 fully saturated rings. The second kappa shape index (κ2) is 6.74. The first-order valence-corrected chi connectivity index (χ1v) is 6.67. The molecule has 112 valence electrons. The van der Waals surface area contributed by atoms with E-state index in [1.54, 1.807) is 37.3 Å². The Bertz CT molecular complexity index is 811. The van der Waals surface area contributed by atoms with E-state index < -0.39 is 5.91 Å². The fourth-order valence-corrected chi connectivity index (χ4v) is 1.89. The van der Waals surface area contributed by atoms with E-state index in [1.807, 2.05) is 0 Å². The Kier molecular flexibility index (Phi) is 4.76. The number of nitrogens with one attached hydrogen (secondary N) is 2. The number of hydrazone groups is 1. The average molecular weight is 318 g/mol. The summed E-state index contributed by atoms with van der Waals surface area (Å²) in [5, 5.41) is 15.5. The summed E-state index contributed by atoms with van der Waals surface area (Å²) in [4.78, 5) is 23.4. The van der Waals surface area contributed by atoms with Crippen LogP contribution in [0, 0.1) is 18.3 Å². The Hall–Kier alpha value is -2.85. The Morgan fingerprint density at radius 1 is 1.50 bits per heavy atom. The molecule has 2 aromatic rings. The zero-order valence-electron chi connectivity index (χ0n) is 11.6. The predicted molar refractivity (Wildman–Crippen MR) is 82.1 cm³/mol. The zero-order valence-corrected chi connectivity index (χ0v) is 12.4. The number of amides is 1. The molecule has 0 spiro atoms. The maximum absolute atomic E-state index is 12.3. The van der Waals surface area contributed by atoms with Crippen LogP contribution in [0.5, 0.6) is 0 Å². The maximum Gasteiger partial charge on any atom is 0.280 e. The molecule has 1 aromatic carbocycles. The van der Waals surface area contributed by atoms with Crippen LogP contribution in [0.25, 0.3) is 5.69 Å². The number of hydrogen-bond donors (Lipinski definition) is 2. The molecule has 1 amide bonds. The third-order valence-electron chi connectivity index (χ3n) is 2.82. The number of carbonyl (C=O) groups is 1. The smallest absolute Gasteiger partial charge is 0.280 e. The van der Waals surface area contributed by atoms with E-state index in [9.17, 15) is 9.59 Å². The van der Waals surface area contributed by atoms with Crippen LogP contribution in [0.3, 0.4) is 0 Å². The van der Waals surface area contributed by atoms with E-state index in [2.05, 4.69) is 15.6 Å². The lowest BCUT2D eigenvalue weighted by Gasteiger charge is -2.00. The highest BCUT2D eigenvalue weighted by atomic mass is 35.5. The molecular formula is C14H12ClN5O2. The molecule has 1 heterocycles. The fourth-order valence-electron chi connectivity index (χ4n) is 1.76. The van der Waals surface area contributed by atoms with Gasteiger partial charge in [-0.05, 0) is 31.2 Å². The largest absolute Gasteiger partial charge is 0.295 e. The van der Waals surface area contributed by atoms with Crippen LogP contribution < -0.4 is 11.0 Å². The molecule has 0 bridgehead atoms. The van der Waals surface area contributed by atoms with Crippen molar-refractivity contribution in [2.45, 2.75) is 13.3 Å². The Labute approximate surface area is 130 Å². The number of H-pyrrole nitrogens is 1. The van der Waals surface area contributed by atoms with E-state index in [1.165, 1.54) is 10.9 Å². The van der Waals surface area contributed by atoms with E-state index in [-0.39, 0.29) is 12.0 Å². The predicted octanol–water partition coefficient (Wildman–Crippen LogP) is 1.49. The lowest BCUT2D eigenvalue weighted by molar-refractivity contribution is -0.120. The van der Waals surface area contributed by atoms with Crippen molar-refractivity contribution >= 4 is 23.7 Å². The van der Waals surface area contributed by atoms with Gasteiger partial charge in [-0.2, -0.15) is 10.4 Å². The SMILES string of the molecule is Cc1[nH]n(-c2ccc(Cl)cc2)c(=O)c1C=NNC(=O)CC#N. The minimum absolute atomic E-state index is 0.293. The second-order valence-corrected chi connectivity index (χ2v) is 4.83. The number of aromatic amines is 1. The maximum atomic E-state index is 12.3. The minimum atomic E-state index is -0.537. The van der Waals surface area contributed by atoms with Crippen LogP contribution >= 0.6 is 11.6 Å².